The maximum absolute atomic E-state index is 12.9. The van der Waals surface area contributed by atoms with Gasteiger partial charge in [0.05, 0.1) is 16.9 Å². The molecule has 4 rings (SSSR count). The fourth-order valence-corrected chi connectivity index (χ4v) is 4.24. The highest BCUT2D eigenvalue weighted by Gasteiger charge is 2.33. The summed E-state index contributed by atoms with van der Waals surface area (Å²) in [5.41, 5.74) is 1.89. The van der Waals surface area contributed by atoms with Crippen LogP contribution in [0.25, 0.3) is 0 Å². The molecule has 1 fully saturated rings. The zero-order chi connectivity index (χ0) is 21.8. The molecule has 0 bridgehead atoms. The van der Waals surface area contributed by atoms with E-state index < -0.39 is 17.9 Å². The smallest absolute Gasteiger partial charge is 0.326 e. The van der Waals surface area contributed by atoms with Crippen LogP contribution < -0.4 is 16.0 Å². The zero-order valence-corrected chi connectivity index (χ0v) is 17.0. The van der Waals surface area contributed by atoms with Crippen LogP contribution in [0.15, 0.2) is 66.4 Å². The maximum atomic E-state index is 12.9. The van der Waals surface area contributed by atoms with Gasteiger partial charge < -0.3 is 21.1 Å². The number of aliphatic carboxylic acids is 1. The van der Waals surface area contributed by atoms with Crippen molar-refractivity contribution < 1.29 is 19.5 Å². The molecule has 2 aromatic rings. The number of anilines is 1. The fourth-order valence-electron chi connectivity index (χ4n) is 4.24. The SMILES string of the molecule is O=C(Nc1ccccc1C(=O)NC(Cc1ccccc1)C(=O)O)C1=CC2CCCC2N1. The number of fused-ring (bicyclic) bond motifs is 1. The first-order valence-electron chi connectivity index (χ1n) is 10.5. The number of carbonyl (C=O) groups is 3. The van der Waals surface area contributed by atoms with E-state index in [-0.39, 0.29) is 17.9 Å². The lowest BCUT2D eigenvalue weighted by molar-refractivity contribution is -0.139. The molecular weight excluding hydrogens is 394 g/mol. The molecule has 4 N–H and O–H groups in total. The molecular formula is C24H25N3O4. The van der Waals surface area contributed by atoms with Gasteiger partial charge in [0.1, 0.15) is 6.04 Å². The lowest BCUT2D eigenvalue weighted by Gasteiger charge is -2.17. The number of carbonyl (C=O) groups excluding carboxylic acids is 2. The van der Waals surface area contributed by atoms with Crippen molar-refractivity contribution in [3.8, 4) is 0 Å². The molecule has 2 aliphatic rings. The van der Waals surface area contributed by atoms with Crippen LogP contribution in [0.1, 0.15) is 35.2 Å². The van der Waals surface area contributed by atoms with Crippen LogP contribution in [0.3, 0.4) is 0 Å². The van der Waals surface area contributed by atoms with Crippen LogP contribution in [0.2, 0.25) is 0 Å². The molecule has 1 saturated carbocycles. The quantitative estimate of drug-likeness (QED) is 0.552. The van der Waals surface area contributed by atoms with Gasteiger partial charge in [-0.05, 0) is 36.5 Å². The van der Waals surface area contributed by atoms with Gasteiger partial charge in [-0.15, -0.1) is 0 Å². The molecule has 3 atom stereocenters. The Morgan fingerprint density at radius 3 is 2.48 bits per heavy atom. The lowest BCUT2D eigenvalue weighted by Crippen LogP contribution is -2.42. The van der Waals surface area contributed by atoms with Gasteiger partial charge in [-0.2, -0.15) is 0 Å². The Bertz CT molecular complexity index is 1020. The first kappa shape index (κ1) is 20.7. The number of nitrogens with one attached hydrogen (secondary N) is 3. The molecule has 7 nitrogen and oxygen atoms in total. The Balaban J connectivity index is 1.46. The lowest BCUT2D eigenvalue weighted by atomic mass is 10.0. The molecule has 0 radical (unpaired) electrons. The highest BCUT2D eigenvalue weighted by molar-refractivity contribution is 6.09. The van der Waals surface area contributed by atoms with Crippen molar-refractivity contribution in [3.05, 3.63) is 77.5 Å². The molecule has 1 aliphatic heterocycles. The molecule has 0 spiro atoms. The Labute approximate surface area is 180 Å². The van der Waals surface area contributed by atoms with E-state index in [0.29, 0.717) is 23.3 Å². The topological polar surface area (TPSA) is 108 Å². The van der Waals surface area contributed by atoms with Gasteiger partial charge in [0.15, 0.2) is 0 Å². The number of hydrogen-bond acceptors (Lipinski definition) is 4. The van der Waals surface area contributed by atoms with E-state index in [4.69, 9.17) is 0 Å². The van der Waals surface area contributed by atoms with Crippen molar-refractivity contribution >= 4 is 23.5 Å². The summed E-state index contributed by atoms with van der Waals surface area (Å²) >= 11 is 0. The Morgan fingerprint density at radius 1 is 1.00 bits per heavy atom. The van der Waals surface area contributed by atoms with Crippen molar-refractivity contribution in [2.45, 2.75) is 37.8 Å². The van der Waals surface area contributed by atoms with E-state index >= 15 is 0 Å². The van der Waals surface area contributed by atoms with Crippen LogP contribution >= 0.6 is 0 Å². The number of carboxylic acids is 1. The van der Waals surface area contributed by atoms with Gasteiger partial charge in [0, 0.05) is 12.5 Å². The van der Waals surface area contributed by atoms with Crippen LogP contribution in [-0.4, -0.2) is 35.0 Å². The predicted octanol–water partition coefficient (Wildman–Crippen LogP) is 2.71. The van der Waals surface area contributed by atoms with E-state index in [0.717, 1.165) is 24.8 Å². The average Bonchev–Trinajstić information content (AvgIpc) is 3.37. The molecule has 2 amide bonds. The minimum atomic E-state index is -1.12. The Kier molecular flexibility index (Phi) is 6.02. The van der Waals surface area contributed by atoms with Crippen molar-refractivity contribution in [2.24, 2.45) is 5.92 Å². The number of hydrogen-bond donors (Lipinski definition) is 4. The first-order chi connectivity index (χ1) is 15.0. The summed E-state index contributed by atoms with van der Waals surface area (Å²) in [5, 5.41) is 18.2. The van der Waals surface area contributed by atoms with E-state index in [9.17, 15) is 19.5 Å². The molecule has 1 aliphatic carbocycles. The van der Waals surface area contributed by atoms with E-state index in [1.54, 1.807) is 24.3 Å². The van der Waals surface area contributed by atoms with Crippen molar-refractivity contribution in [1.29, 1.82) is 0 Å². The zero-order valence-electron chi connectivity index (χ0n) is 17.0. The van der Waals surface area contributed by atoms with Gasteiger partial charge in [0.2, 0.25) is 0 Å². The molecule has 160 valence electrons. The maximum Gasteiger partial charge on any atom is 0.326 e. The largest absolute Gasteiger partial charge is 0.480 e. The number of carboxylic acid groups (broad SMARTS) is 1. The molecule has 3 unspecified atom stereocenters. The van der Waals surface area contributed by atoms with E-state index in [1.807, 2.05) is 36.4 Å². The standard InChI is InChI=1S/C24H25N3O4/c28-22(27-21(24(30)31)13-15-7-2-1-3-8-15)17-10-4-5-11-19(17)26-23(29)20-14-16-9-6-12-18(16)25-20/h1-5,7-8,10-11,14,16,18,21,25H,6,9,12-13H2,(H,26,29)(H,27,28)(H,30,31). The second kappa shape index (κ2) is 9.04. The summed E-state index contributed by atoms with van der Waals surface area (Å²) in [6, 6.07) is 14.9. The third kappa shape index (κ3) is 4.77. The van der Waals surface area contributed by atoms with Crippen LogP contribution in [0.5, 0.6) is 0 Å². The highest BCUT2D eigenvalue weighted by atomic mass is 16.4. The van der Waals surface area contributed by atoms with Crippen molar-refractivity contribution in [3.63, 3.8) is 0 Å². The Hall–Kier alpha value is -3.61. The van der Waals surface area contributed by atoms with E-state index in [2.05, 4.69) is 16.0 Å². The molecule has 0 aromatic heterocycles. The second-order valence-electron chi connectivity index (χ2n) is 7.98. The predicted molar refractivity (Wildman–Crippen MR) is 116 cm³/mol. The Morgan fingerprint density at radius 2 is 1.74 bits per heavy atom. The minimum absolute atomic E-state index is 0.163. The number of para-hydroxylation sites is 1. The molecule has 1 heterocycles. The van der Waals surface area contributed by atoms with Gasteiger partial charge in [0.25, 0.3) is 11.8 Å². The highest BCUT2D eigenvalue weighted by Crippen LogP contribution is 2.32. The fraction of sp³-hybridized carbons (Fsp3) is 0.292. The third-order valence-electron chi connectivity index (χ3n) is 5.84. The normalized spacial score (nSPS) is 20.2. The number of rotatable bonds is 7. The van der Waals surface area contributed by atoms with Crippen LogP contribution in [-0.2, 0) is 16.0 Å². The summed E-state index contributed by atoms with van der Waals surface area (Å²) < 4.78 is 0. The minimum Gasteiger partial charge on any atom is -0.480 e. The average molecular weight is 419 g/mol. The van der Waals surface area contributed by atoms with Gasteiger partial charge in [-0.1, -0.05) is 55.0 Å². The van der Waals surface area contributed by atoms with Crippen molar-refractivity contribution in [1.82, 2.24) is 10.6 Å². The van der Waals surface area contributed by atoms with Gasteiger partial charge in [-0.25, -0.2) is 4.79 Å². The molecule has 7 heteroatoms. The third-order valence-corrected chi connectivity index (χ3v) is 5.84. The summed E-state index contributed by atoms with van der Waals surface area (Å²) in [5.74, 6) is -1.59. The van der Waals surface area contributed by atoms with E-state index in [1.165, 1.54) is 0 Å². The summed E-state index contributed by atoms with van der Waals surface area (Å²) in [4.78, 5) is 37.3. The first-order valence-corrected chi connectivity index (χ1v) is 10.5. The number of benzene rings is 2. The van der Waals surface area contributed by atoms with Crippen molar-refractivity contribution in [2.75, 3.05) is 5.32 Å². The molecule has 31 heavy (non-hydrogen) atoms. The number of amides is 2. The van der Waals surface area contributed by atoms with Crippen LogP contribution in [0, 0.1) is 5.92 Å². The second-order valence-corrected chi connectivity index (χ2v) is 7.98. The molecule has 2 aromatic carbocycles. The van der Waals surface area contributed by atoms with Crippen LogP contribution in [0.4, 0.5) is 5.69 Å². The van der Waals surface area contributed by atoms with Gasteiger partial charge >= 0.3 is 5.97 Å². The summed E-state index contributed by atoms with van der Waals surface area (Å²) in [7, 11) is 0. The van der Waals surface area contributed by atoms with Gasteiger partial charge in [-0.3, -0.25) is 9.59 Å². The monoisotopic (exact) mass is 419 g/mol. The summed E-state index contributed by atoms with van der Waals surface area (Å²) in [6.45, 7) is 0. The molecule has 0 saturated heterocycles. The summed E-state index contributed by atoms with van der Waals surface area (Å²) in [6.07, 6.45) is 5.41.